The summed E-state index contributed by atoms with van der Waals surface area (Å²) in [7, 11) is 0. The second kappa shape index (κ2) is 8.12. The lowest BCUT2D eigenvalue weighted by molar-refractivity contribution is -0.122. The van der Waals surface area contributed by atoms with Crippen LogP contribution in [0.25, 0.3) is 0 Å². The summed E-state index contributed by atoms with van der Waals surface area (Å²) in [5, 5.41) is 2.76. The lowest BCUT2D eigenvalue weighted by Gasteiger charge is -2.19. The molecule has 0 aliphatic heterocycles. The summed E-state index contributed by atoms with van der Waals surface area (Å²) in [6.07, 6.45) is 1.48. The predicted molar refractivity (Wildman–Crippen MR) is 97.2 cm³/mol. The summed E-state index contributed by atoms with van der Waals surface area (Å²) in [5.74, 6) is -0.143. The van der Waals surface area contributed by atoms with Crippen molar-refractivity contribution in [2.75, 3.05) is 13.2 Å². The highest BCUT2D eigenvalue weighted by molar-refractivity contribution is 6.33. The molecule has 1 heterocycles. The number of nitrogens with one attached hydrogen (secondary N) is 1. The summed E-state index contributed by atoms with van der Waals surface area (Å²) in [5.41, 5.74) is 1.38. The minimum Gasteiger partial charge on any atom is -0.484 e. The Balaban J connectivity index is 1.81. The van der Waals surface area contributed by atoms with Crippen LogP contribution in [0, 0.1) is 0 Å². The SMILES string of the molecule is CC(C)(C)c1ccc(OCC(=O)NCC(=O)c2ncccc2Cl)cc1. The van der Waals surface area contributed by atoms with Crippen molar-refractivity contribution in [2.45, 2.75) is 26.2 Å². The van der Waals surface area contributed by atoms with Gasteiger partial charge in [0.05, 0.1) is 11.6 Å². The number of rotatable bonds is 6. The Bertz CT molecular complexity index is 752. The first-order valence-corrected chi connectivity index (χ1v) is 8.29. The van der Waals surface area contributed by atoms with Crippen LogP contribution in [0.15, 0.2) is 42.6 Å². The molecule has 0 aliphatic carbocycles. The Labute approximate surface area is 152 Å². The van der Waals surface area contributed by atoms with Gasteiger partial charge in [0.1, 0.15) is 11.4 Å². The van der Waals surface area contributed by atoms with Crippen molar-refractivity contribution in [1.29, 1.82) is 0 Å². The van der Waals surface area contributed by atoms with Crippen molar-refractivity contribution in [3.05, 3.63) is 58.9 Å². The maximum absolute atomic E-state index is 12.0. The lowest BCUT2D eigenvalue weighted by atomic mass is 9.87. The third kappa shape index (κ3) is 5.57. The molecule has 1 aromatic carbocycles. The average Bonchev–Trinajstić information content (AvgIpc) is 2.58. The standard InChI is InChI=1S/C19H21ClN2O3/c1-19(2,3)13-6-8-14(9-7-13)25-12-17(24)22-11-16(23)18-15(20)5-4-10-21-18/h4-10H,11-12H2,1-3H3,(H,22,24). The fraction of sp³-hybridized carbons (Fsp3) is 0.316. The molecule has 2 rings (SSSR count). The molecular weight excluding hydrogens is 340 g/mol. The van der Waals surface area contributed by atoms with Crippen LogP contribution < -0.4 is 10.1 Å². The van der Waals surface area contributed by atoms with Gasteiger partial charge in [-0.15, -0.1) is 0 Å². The minimum absolute atomic E-state index is 0.0585. The first-order chi connectivity index (χ1) is 11.8. The molecule has 0 radical (unpaired) electrons. The fourth-order valence-electron chi connectivity index (χ4n) is 2.10. The number of amides is 1. The van der Waals surface area contributed by atoms with Gasteiger partial charge in [0.25, 0.3) is 5.91 Å². The van der Waals surface area contributed by atoms with Crippen LogP contribution in [0.1, 0.15) is 36.8 Å². The number of ether oxygens (including phenoxy) is 1. The highest BCUT2D eigenvalue weighted by atomic mass is 35.5. The van der Waals surface area contributed by atoms with Crippen molar-refractivity contribution in [2.24, 2.45) is 0 Å². The van der Waals surface area contributed by atoms with Crippen LogP contribution in [0.2, 0.25) is 5.02 Å². The van der Waals surface area contributed by atoms with Gasteiger partial charge in [0.2, 0.25) is 5.78 Å². The Morgan fingerprint density at radius 3 is 2.44 bits per heavy atom. The van der Waals surface area contributed by atoms with Gasteiger partial charge in [-0.2, -0.15) is 0 Å². The van der Waals surface area contributed by atoms with E-state index in [9.17, 15) is 9.59 Å². The van der Waals surface area contributed by atoms with E-state index in [0.29, 0.717) is 5.75 Å². The molecule has 0 unspecified atom stereocenters. The number of ketones is 1. The zero-order valence-corrected chi connectivity index (χ0v) is 15.3. The third-order valence-corrected chi connectivity index (χ3v) is 3.86. The number of hydrogen-bond donors (Lipinski definition) is 1. The molecule has 132 valence electrons. The van der Waals surface area contributed by atoms with Crippen molar-refractivity contribution >= 4 is 23.3 Å². The zero-order chi connectivity index (χ0) is 18.4. The quantitative estimate of drug-likeness (QED) is 0.801. The summed E-state index contributed by atoms with van der Waals surface area (Å²) < 4.78 is 5.43. The summed E-state index contributed by atoms with van der Waals surface area (Å²) in [6.45, 7) is 6.03. The van der Waals surface area contributed by atoms with Gasteiger partial charge in [-0.25, -0.2) is 0 Å². The molecule has 0 fully saturated rings. The van der Waals surface area contributed by atoms with Gasteiger partial charge in [0, 0.05) is 6.20 Å². The van der Waals surface area contributed by atoms with Crippen LogP contribution in [0.5, 0.6) is 5.75 Å². The van der Waals surface area contributed by atoms with E-state index in [1.807, 2.05) is 24.3 Å². The van der Waals surface area contributed by atoms with E-state index in [-0.39, 0.29) is 41.0 Å². The highest BCUT2D eigenvalue weighted by Crippen LogP contribution is 2.24. The topological polar surface area (TPSA) is 68.3 Å². The van der Waals surface area contributed by atoms with E-state index in [1.54, 1.807) is 12.1 Å². The molecule has 0 saturated heterocycles. The molecule has 5 nitrogen and oxygen atoms in total. The maximum Gasteiger partial charge on any atom is 0.258 e. The van der Waals surface area contributed by atoms with Crippen molar-refractivity contribution < 1.29 is 14.3 Å². The number of benzene rings is 1. The molecule has 0 bridgehead atoms. The van der Waals surface area contributed by atoms with E-state index in [1.165, 1.54) is 11.8 Å². The van der Waals surface area contributed by atoms with Crippen LogP contribution in [0.3, 0.4) is 0 Å². The first kappa shape index (κ1) is 18.9. The number of halogens is 1. The van der Waals surface area contributed by atoms with E-state index in [0.717, 1.165) is 0 Å². The number of nitrogens with zero attached hydrogens (tertiary/aromatic N) is 1. The van der Waals surface area contributed by atoms with Crippen LogP contribution in [-0.2, 0) is 10.2 Å². The summed E-state index contributed by atoms with van der Waals surface area (Å²) in [4.78, 5) is 27.7. The summed E-state index contributed by atoms with van der Waals surface area (Å²) >= 11 is 5.90. The fourth-order valence-corrected chi connectivity index (χ4v) is 2.33. The van der Waals surface area contributed by atoms with Gasteiger partial charge in [0.15, 0.2) is 6.61 Å². The first-order valence-electron chi connectivity index (χ1n) is 7.91. The number of pyridine rings is 1. The van der Waals surface area contributed by atoms with E-state index in [4.69, 9.17) is 16.3 Å². The van der Waals surface area contributed by atoms with E-state index >= 15 is 0 Å². The largest absolute Gasteiger partial charge is 0.484 e. The highest BCUT2D eigenvalue weighted by Gasteiger charge is 2.14. The Hall–Kier alpha value is -2.40. The van der Waals surface area contributed by atoms with Gasteiger partial charge < -0.3 is 10.1 Å². The Morgan fingerprint density at radius 2 is 1.84 bits per heavy atom. The van der Waals surface area contributed by atoms with Crippen LogP contribution in [0.4, 0.5) is 0 Å². The number of hydrogen-bond acceptors (Lipinski definition) is 4. The molecule has 25 heavy (non-hydrogen) atoms. The normalized spacial score (nSPS) is 11.0. The van der Waals surface area contributed by atoms with Gasteiger partial charge in [-0.1, -0.05) is 44.5 Å². The number of carbonyl (C=O) groups is 2. The molecule has 1 N–H and O–H groups in total. The van der Waals surface area contributed by atoms with Gasteiger partial charge in [-0.3, -0.25) is 14.6 Å². The van der Waals surface area contributed by atoms with E-state index in [2.05, 4.69) is 31.1 Å². The van der Waals surface area contributed by atoms with Crippen LogP contribution in [-0.4, -0.2) is 29.8 Å². The van der Waals surface area contributed by atoms with Crippen molar-refractivity contribution in [3.8, 4) is 5.75 Å². The smallest absolute Gasteiger partial charge is 0.258 e. The molecular formula is C19H21ClN2O3. The predicted octanol–water partition coefficient (Wildman–Crippen LogP) is 3.41. The maximum atomic E-state index is 12.0. The van der Waals surface area contributed by atoms with E-state index < -0.39 is 0 Å². The Kier molecular flexibility index (Phi) is 6.15. The molecule has 0 aliphatic rings. The second-order valence-electron chi connectivity index (χ2n) is 6.60. The molecule has 0 atom stereocenters. The van der Waals surface area contributed by atoms with Crippen molar-refractivity contribution in [3.63, 3.8) is 0 Å². The third-order valence-electron chi connectivity index (χ3n) is 3.56. The zero-order valence-electron chi connectivity index (χ0n) is 14.5. The minimum atomic E-state index is -0.389. The monoisotopic (exact) mass is 360 g/mol. The second-order valence-corrected chi connectivity index (χ2v) is 7.00. The lowest BCUT2D eigenvalue weighted by Crippen LogP contribution is -2.33. The van der Waals surface area contributed by atoms with Gasteiger partial charge >= 0.3 is 0 Å². The van der Waals surface area contributed by atoms with Crippen LogP contribution >= 0.6 is 11.6 Å². The number of aromatic nitrogens is 1. The molecule has 1 amide bonds. The number of Topliss-reactive ketones (excluding diaryl/α,β-unsaturated/α-hetero) is 1. The Morgan fingerprint density at radius 1 is 1.16 bits per heavy atom. The summed E-state index contributed by atoms with van der Waals surface area (Å²) in [6, 6.07) is 10.8. The van der Waals surface area contributed by atoms with Gasteiger partial charge in [-0.05, 0) is 35.2 Å². The molecule has 0 saturated carbocycles. The molecule has 0 spiro atoms. The van der Waals surface area contributed by atoms with Crippen molar-refractivity contribution in [1.82, 2.24) is 10.3 Å². The molecule has 6 heteroatoms. The average molecular weight is 361 g/mol. The molecule has 1 aromatic heterocycles. The molecule has 2 aromatic rings. The number of carbonyl (C=O) groups excluding carboxylic acids is 2.